The molecule has 0 aliphatic rings. The summed E-state index contributed by atoms with van der Waals surface area (Å²) in [5.41, 5.74) is 1.21. The van der Waals surface area contributed by atoms with Crippen molar-refractivity contribution in [1.29, 1.82) is 0 Å². The van der Waals surface area contributed by atoms with Crippen LogP contribution in [0.15, 0.2) is 52.2 Å². The van der Waals surface area contributed by atoms with Gasteiger partial charge in [0.1, 0.15) is 0 Å². The second kappa shape index (κ2) is 6.66. The summed E-state index contributed by atoms with van der Waals surface area (Å²) >= 11 is 0.966. The highest BCUT2D eigenvalue weighted by molar-refractivity contribution is 7.92. The highest BCUT2D eigenvalue weighted by atomic mass is 32.2. The van der Waals surface area contributed by atoms with Gasteiger partial charge in [-0.25, -0.2) is 16.8 Å². The first-order valence-electron chi connectivity index (χ1n) is 7.65. The maximum absolute atomic E-state index is 12.7. The van der Waals surface area contributed by atoms with Gasteiger partial charge >= 0.3 is 4.87 Å². The van der Waals surface area contributed by atoms with Crippen molar-refractivity contribution in [2.45, 2.75) is 4.90 Å². The van der Waals surface area contributed by atoms with Crippen LogP contribution in [0.25, 0.3) is 10.2 Å². The van der Waals surface area contributed by atoms with E-state index in [0.29, 0.717) is 15.9 Å². The molecule has 1 heterocycles. The lowest BCUT2D eigenvalue weighted by atomic mass is 10.3. The molecule has 0 aliphatic heterocycles. The molecule has 0 atom stereocenters. The van der Waals surface area contributed by atoms with Crippen molar-refractivity contribution in [3.8, 4) is 0 Å². The Hall–Kier alpha value is -2.37. The van der Waals surface area contributed by atoms with Crippen LogP contribution in [-0.4, -0.2) is 34.7 Å². The molecular weight excluding hydrogens is 410 g/mol. The van der Waals surface area contributed by atoms with E-state index in [1.165, 1.54) is 35.9 Å². The Kier molecular flexibility index (Phi) is 4.78. The first kappa shape index (κ1) is 19.4. The Bertz CT molecular complexity index is 1290. The zero-order valence-electron chi connectivity index (χ0n) is 14.7. The predicted octanol–water partition coefficient (Wildman–Crippen LogP) is 1.80. The normalized spacial score (nSPS) is 12.3. The third kappa shape index (κ3) is 3.84. The van der Waals surface area contributed by atoms with Gasteiger partial charge in [-0.2, -0.15) is 0 Å². The quantitative estimate of drug-likeness (QED) is 0.668. The van der Waals surface area contributed by atoms with Crippen LogP contribution in [0.3, 0.4) is 0 Å². The number of fused-ring (bicyclic) bond motifs is 1. The maximum Gasteiger partial charge on any atom is 0.307 e. The van der Waals surface area contributed by atoms with E-state index < -0.39 is 20.0 Å². The van der Waals surface area contributed by atoms with Crippen molar-refractivity contribution in [2.75, 3.05) is 22.3 Å². The molecule has 0 spiro atoms. The van der Waals surface area contributed by atoms with E-state index in [9.17, 15) is 21.6 Å². The van der Waals surface area contributed by atoms with Gasteiger partial charge in [-0.1, -0.05) is 17.4 Å². The predicted molar refractivity (Wildman–Crippen MR) is 108 cm³/mol. The average molecular weight is 428 g/mol. The molecule has 144 valence electrons. The van der Waals surface area contributed by atoms with Crippen molar-refractivity contribution in [2.24, 2.45) is 7.05 Å². The fourth-order valence-electron chi connectivity index (χ4n) is 2.45. The standard InChI is InChI=1S/C16H17N3O5S3/c1-18-14-8-7-13(10-15(14)25-16(18)20)27(23,24)17-11-5-4-6-12(9-11)19(2)26(3,21)22/h4-10,17H,1-3H3. The van der Waals surface area contributed by atoms with Gasteiger partial charge in [-0.3, -0.25) is 13.8 Å². The van der Waals surface area contributed by atoms with Crippen molar-refractivity contribution in [3.63, 3.8) is 0 Å². The minimum Gasteiger partial charge on any atom is -0.302 e. The highest BCUT2D eigenvalue weighted by Crippen LogP contribution is 2.25. The molecule has 0 radical (unpaired) electrons. The van der Waals surface area contributed by atoms with E-state index in [1.807, 2.05) is 0 Å². The molecule has 0 amide bonds. The summed E-state index contributed by atoms with van der Waals surface area (Å²) in [5, 5.41) is 0. The number of benzene rings is 2. The number of aryl methyl sites for hydroxylation is 1. The van der Waals surface area contributed by atoms with E-state index in [-0.39, 0.29) is 15.5 Å². The summed E-state index contributed by atoms with van der Waals surface area (Å²) in [7, 11) is -4.37. The first-order valence-corrected chi connectivity index (χ1v) is 11.8. The fraction of sp³-hybridized carbons (Fsp3) is 0.188. The summed E-state index contributed by atoms with van der Waals surface area (Å²) in [6.07, 6.45) is 1.06. The van der Waals surface area contributed by atoms with Crippen molar-refractivity contribution < 1.29 is 16.8 Å². The van der Waals surface area contributed by atoms with Gasteiger partial charge in [0.15, 0.2) is 0 Å². The van der Waals surface area contributed by atoms with Crippen molar-refractivity contribution >= 4 is 53.0 Å². The molecule has 3 aromatic rings. The number of hydrogen-bond acceptors (Lipinski definition) is 6. The zero-order chi connectivity index (χ0) is 20.0. The number of sulfonamides is 2. The number of anilines is 2. The molecule has 0 fully saturated rings. The molecule has 27 heavy (non-hydrogen) atoms. The van der Waals surface area contributed by atoms with Gasteiger partial charge in [0.2, 0.25) is 10.0 Å². The Balaban J connectivity index is 1.96. The van der Waals surface area contributed by atoms with Crippen LogP contribution in [0.2, 0.25) is 0 Å². The van der Waals surface area contributed by atoms with Crippen LogP contribution in [-0.2, 0) is 27.1 Å². The minimum absolute atomic E-state index is 0.0127. The van der Waals surface area contributed by atoms with Crippen LogP contribution in [0, 0.1) is 0 Å². The van der Waals surface area contributed by atoms with Gasteiger partial charge in [-0.05, 0) is 36.4 Å². The molecule has 1 aromatic heterocycles. The minimum atomic E-state index is -3.91. The van der Waals surface area contributed by atoms with Crippen molar-refractivity contribution in [1.82, 2.24) is 4.57 Å². The number of rotatable bonds is 5. The topological polar surface area (TPSA) is 106 Å². The Morgan fingerprint density at radius 2 is 1.78 bits per heavy atom. The number of nitrogens with one attached hydrogen (secondary N) is 1. The van der Waals surface area contributed by atoms with Crippen LogP contribution in [0.5, 0.6) is 0 Å². The molecular formula is C16H17N3O5S3. The molecule has 8 nitrogen and oxygen atoms in total. The molecule has 0 bridgehead atoms. The number of nitrogens with zero attached hydrogens (tertiary/aromatic N) is 2. The Morgan fingerprint density at radius 3 is 2.44 bits per heavy atom. The molecule has 1 N–H and O–H groups in total. The lowest BCUT2D eigenvalue weighted by Crippen LogP contribution is -2.24. The Labute approximate surface area is 160 Å². The van der Waals surface area contributed by atoms with E-state index >= 15 is 0 Å². The summed E-state index contributed by atoms with van der Waals surface area (Å²) in [5.74, 6) is 0. The van der Waals surface area contributed by atoms with Crippen LogP contribution < -0.4 is 13.9 Å². The lowest BCUT2D eigenvalue weighted by molar-refractivity contribution is 0.599. The summed E-state index contributed by atoms with van der Waals surface area (Å²) in [6, 6.07) is 10.5. The highest BCUT2D eigenvalue weighted by Gasteiger charge is 2.18. The van der Waals surface area contributed by atoms with E-state index in [1.54, 1.807) is 25.2 Å². The second-order valence-corrected chi connectivity index (χ2v) is 10.6. The SMILES string of the molecule is CN(c1cccc(NS(=O)(=O)c2ccc3c(c2)sc(=O)n3C)c1)S(C)(=O)=O. The summed E-state index contributed by atoms with van der Waals surface area (Å²) in [6.45, 7) is 0. The van der Waals surface area contributed by atoms with Gasteiger partial charge in [0.05, 0.1) is 32.7 Å². The summed E-state index contributed by atoms with van der Waals surface area (Å²) in [4.78, 5) is 11.6. The third-order valence-electron chi connectivity index (χ3n) is 4.03. The molecule has 0 saturated heterocycles. The third-order valence-corrected chi connectivity index (χ3v) is 7.61. The average Bonchev–Trinajstić information content (AvgIpc) is 2.87. The van der Waals surface area contributed by atoms with Crippen LogP contribution >= 0.6 is 11.3 Å². The van der Waals surface area contributed by atoms with Gasteiger partial charge < -0.3 is 4.57 Å². The number of hydrogen-bond donors (Lipinski definition) is 1. The van der Waals surface area contributed by atoms with Crippen LogP contribution in [0.1, 0.15) is 0 Å². The zero-order valence-corrected chi connectivity index (χ0v) is 17.2. The first-order chi connectivity index (χ1) is 12.5. The molecule has 3 rings (SSSR count). The van der Waals surface area contributed by atoms with Gasteiger partial charge in [-0.15, -0.1) is 0 Å². The number of aromatic nitrogens is 1. The van der Waals surface area contributed by atoms with Gasteiger partial charge in [0, 0.05) is 14.1 Å². The molecule has 0 saturated carbocycles. The second-order valence-electron chi connectivity index (χ2n) is 5.94. The molecule has 0 aliphatic carbocycles. The van der Waals surface area contributed by atoms with Gasteiger partial charge in [0.25, 0.3) is 10.0 Å². The molecule has 11 heteroatoms. The molecule has 0 unspecified atom stereocenters. The van der Waals surface area contributed by atoms with E-state index in [4.69, 9.17) is 0 Å². The lowest BCUT2D eigenvalue weighted by Gasteiger charge is -2.17. The van der Waals surface area contributed by atoms with Crippen LogP contribution in [0.4, 0.5) is 11.4 Å². The van der Waals surface area contributed by atoms with E-state index in [2.05, 4.69) is 4.72 Å². The maximum atomic E-state index is 12.7. The fourth-order valence-corrected chi connectivity index (χ4v) is 5.02. The Morgan fingerprint density at radius 1 is 1.07 bits per heavy atom. The smallest absolute Gasteiger partial charge is 0.302 e. The summed E-state index contributed by atoms with van der Waals surface area (Å²) < 4.78 is 54.2. The van der Waals surface area contributed by atoms with E-state index in [0.717, 1.165) is 21.9 Å². The van der Waals surface area contributed by atoms with Crippen molar-refractivity contribution in [3.05, 3.63) is 52.1 Å². The molecule has 2 aromatic carbocycles. The number of thiazole rings is 1. The monoisotopic (exact) mass is 427 g/mol. The largest absolute Gasteiger partial charge is 0.307 e.